The van der Waals surface area contributed by atoms with Gasteiger partial charge in [-0.3, -0.25) is 24.8 Å². The van der Waals surface area contributed by atoms with Crippen LogP contribution in [0.3, 0.4) is 0 Å². The summed E-state index contributed by atoms with van der Waals surface area (Å²) in [6, 6.07) is 12.6. The second kappa shape index (κ2) is 8.06. The maximum Gasteiger partial charge on any atom is 0.324 e. The van der Waals surface area contributed by atoms with Gasteiger partial charge in [-0.05, 0) is 41.8 Å². The normalized spacial score (nSPS) is 10.9. The van der Waals surface area contributed by atoms with Gasteiger partial charge in [0, 0.05) is 18.5 Å². The van der Waals surface area contributed by atoms with E-state index >= 15 is 0 Å². The van der Waals surface area contributed by atoms with E-state index in [2.05, 4.69) is 23.0 Å². The van der Waals surface area contributed by atoms with Crippen LogP contribution in [0.4, 0.5) is 10.1 Å². The number of amides is 1. The lowest BCUT2D eigenvalue weighted by Gasteiger charge is -2.19. The van der Waals surface area contributed by atoms with E-state index < -0.39 is 4.92 Å². The lowest BCUT2D eigenvalue weighted by atomic mass is 10.2. The summed E-state index contributed by atoms with van der Waals surface area (Å²) in [6.45, 7) is 2.36. The molecule has 0 atom stereocenters. The molecule has 7 nitrogen and oxygen atoms in total. The van der Waals surface area contributed by atoms with Crippen LogP contribution in [0.5, 0.6) is 0 Å². The Hall–Kier alpha value is -3.17. The van der Waals surface area contributed by atoms with Gasteiger partial charge in [-0.25, -0.2) is 4.98 Å². The number of aromatic nitrogens is 2. The minimum Gasteiger partial charge on any atom is -0.279 e. The summed E-state index contributed by atoms with van der Waals surface area (Å²) in [5.74, 6) is -0.318. The van der Waals surface area contributed by atoms with Crippen LogP contribution in [0.25, 0.3) is 10.2 Å². The van der Waals surface area contributed by atoms with Crippen molar-refractivity contribution in [2.24, 2.45) is 0 Å². The summed E-state index contributed by atoms with van der Waals surface area (Å²) >= 11 is 2.30. The number of nitro groups is 1. The van der Waals surface area contributed by atoms with E-state index in [9.17, 15) is 14.9 Å². The quantitative estimate of drug-likeness (QED) is 0.318. The third kappa shape index (κ3) is 4.01. The number of fused-ring (bicyclic) bond motifs is 1. The van der Waals surface area contributed by atoms with Gasteiger partial charge in [-0.2, -0.15) is 0 Å². The minimum absolute atomic E-state index is 0.0634. The third-order valence-corrected chi connectivity index (χ3v) is 6.44. The molecule has 1 aromatic carbocycles. The topological polar surface area (TPSA) is 89.2 Å². The van der Waals surface area contributed by atoms with E-state index in [1.54, 1.807) is 23.4 Å². The molecule has 1 amide bonds. The fourth-order valence-electron chi connectivity index (χ4n) is 2.87. The van der Waals surface area contributed by atoms with Crippen molar-refractivity contribution in [2.75, 3.05) is 4.90 Å². The number of carbonyl (C=O) groups is 1. The van der Waals surface area contributed by atoms with E-state index in [1.807, 2.05) is 18.2 Å². The summed E-state index contributed by atoms with van der Waals surface area (Å²) in [7, 11) is 0. The first-order chi connectivity index (χ1) is 14.0. The zero-order valence-corrected chi connectivity index (χ0v) is 17.1. The van der Waals surface area contributed by atoms with Gasteiger partial charge in [0.15, 0.2) is 5.13 Å². The molecule has 0 saturated carbocycles. The molecule has 3 aromatic heterocycles. The van der Waals surface area contributed by atoms with Gasteiger partial charge in [-0.15, -0.1) is 0 Å². The van der Waals surface area contributed by atoms with Crippen LogP contribution in [0, 0.1) is 10.1 Å². The maximum atomic E-state index is 13.2. The number of hydrogen-bond acceptors (Lipinski definition) is 7. The van der Waals surface area contributed by atoms with Gasteiger partial charge >= 0.3 is 5.00 Å². The molecular formula is C20H16N4O3S2. The summed E-state index contributed by atoms with van der Waals surface area (Å²) < 4.78 is 1.00. The summed E-state index contributed by atoms with van der Waals surface area (Å²) in [4.78, 5) is 34.4. The Labute approximate surface area is 174 Å². The number of carbonyl (C=O) groups excluding carboxylic acids is 1. The number of anilines is 1. The van der Waals surface area contributed by atoms with Crippen LogP contribution in [0.2, 0.25) is 0 Å². The average molecular weight is 425 g/mol. The van der Waals surface area contributed by atoms with Crippen molar-refractivity contribution < 1.29 is 9.72 Å². The van der Waals surface area contributed by atoms with Crippen LogP contribution in [-0.4, -0.2) is 20.8 Å². The molecule has 9 heteroatoms. The lowest BCUT2D eigenvalue weighted by molar-refractivity contribution is -0.380. The molecule has 0 N–H and O–H groups in total. The predicted molar refractivity (Wildman–Crippen MR) is 115 cm³/mol. The maximum absolute atomic E-state index is 13.2. The van der Waals surface area contributed by atoms with Crippen LogP contribution in [-0.2, 0) is 13.0 Å². The Kier molecular flexibility index (Phi) is 5.32. The van der Waals surface area contributed by atoms with Gasteiger partial charge in [0.05, 0.1) is 26.6 Å². The summed E-state index contributed by atoms with van der Waals surface area (Å²) in [6.07, 6.45) is 4.28. The van der Waals surface area contributed by atoms with Crippen molar-refractivity contribution in [1.82, 2.24) is 9.97 Å². The molecule has 146 valence electrons. The molecule has 0 spiro atoms. The highest BCUT2D eigenvalue weighted by Gasteiger charge is 2.25. The molecule has 4 aromatic rings. The second-order valence-electron chi connectivity index (χ2n) is 6.30. The fraction of sp³-hybridized carbons (Fsp3) is 0.150. The van der Waals surface area contributed by atoms with Crippen molar-refractivity contribution >= 4 is 48.9 Å². The molecule has 0 unspecified atom stereocenters. The highest BCUT2D eigenvalue weighted by molar-refractivity contribution is 7.22. The van der Waals surface area contributed by atoms with Crippen LogP contribution in [0.1, 0.15) is 27.7 Å². The predicted octanol–water partition coefficient (Wildman–Crippen LogP) is 5.07. The van der Waals surface area contributed by atoms with E-state index in [-0.39, 0.29) is 17.5 Å². The number of aryl methyl sites for hydroxylation is 1. The number of thiophene rings is 1. The van der Waals surface area contributed by atoms with Gasteiger partial charge in [-0.1, -0.05) is 41.7 Å². The minimum atomic E-state index is -0.489. The molecule has 0 bridgehead atoms. The van der Waals surface area contributed by atoms with Gasteiger partial charge in [0.1, 0.15) is 0 Å². The van der Waals surface area contributed by atoms with E-state index in [0.29, 0.717) is 10.0 Å². The SMILES string of the molecule is CCc1ccc2nc(N(Cc3cccnc3)C(=O)c3ccc([N+](=O)[O-])s3)sc2c1. The molecule has 3 heterocycles. The van der Waals surface area contributed by atoms with E-state index in [1.165, 1.54) is 29.0 Å². The van der Waals surface area contributed by atoms with Crippen LogP contribution < -0.4 is 4.90 Å². The zero-order valence-electron chi connectivity index (χ0n) is 15.4. The van der Waals surface area contributed by atoms with Gasteiger partial charge in [0.25, 0.3) is 5.91 Å². The standard InChI is InChI=1S/C20H16N4O3S2/c1-2-13-5-6-15-17(10-13)29-20(22-15)23(12-14-4-3-9-21-11-14)19(25)16-7-8-18(28-16)24(26)27/h3-11H,2,12H2,1H3. The van der Waals surface area contributed by atoms with Crippen molar-refractivity contribution in [3.63, 3.8) is 0 Å². The molecule has 4 rings (SSSR count). The van der Waals surface area contributed by atoms with Crippen LogP contribution >= 0.6 is 22.7 Å². The Morgan fingerprint density at radius 1 is 1.17 bits per heavy atom. The van der Waals surface area contributed by atoms with Crippen molar-refractivity contribution in [3.8, 4) is 0 Å². The van der Waals surface area contributed by atoms with E-state index in [4.69, 9.17) is 0 Å². The zero-order chi connectivity index (χ0) is 20.4. The highest BCUT2D eigenvalue weighted by Crippen LogP contribution is 2.33. The Morgan fingerprint density at radius 3 is 2.72 bits per heavy atom. The first kappa shape index (κ1) is 19.2. The Balaban J connectivity index is 1.75. The van der Waals surface area contributed by atoms with Crippen LogP contribution in [0.15, 0.2) is 54.9 Å². The highest BCUT2D eigenvalue weighted by atomic mass is 32.1. The largest absolute Gasteiger partial charge is 0.324 e. The van der Waals surface area contributed by atoms with Gasteiger partial charge < -0.3 is 0 Å². The molecule has 0 saturated heterocycles. The molecule has 0 aliphatic carbocycles. The third-order valence-electron chi connectivity index (χ3n) is 4.37. The molecule has 0 fully saturated rings. The molecule has 29 heavy (non-hydrogen) atoms. The van der Waals surface area contributed by atoms with Crippen molar-refractivity contribution in [2.45, 2.75) is 19.9 Å². The molecular weight excluding hydrogens is 408 g/mol. The number of pyridine rings is 1. The number of hydrogen-bond donors (Lipinski definition) is 0. The number of rotatable bonds is 6. The van der Waals surface area contributed by atoms with Crippen molar-refractivity contribution in [3.05, 3.63) is 81.0 Å². The fourth-order valence-corrected chi connectivity index (χ4v) is 4.66. The molecule has 0 radical (unpaired) electrons. The summed E-state index contributed by atoms with van der Waals surface area (Å²) in [5.41, 5.74) is 2.87. The first-order valence-electron chi connectivity index (χ1n) is 8.89. The average Bonchev–Trinajstić information content (AvgIpc) is 3.39. The summed E-state index contributed by atoms with van der Waals surface area (Å²) in [5, 5.41) is 11.5. The monoisotopic (exact) mass is 424 g/mol. The van der Waals surface area contributed by atoms with Crippen molar-refractivity contribution in [1.29, 1.82) is 0 Å². The molecule has 0 aliphatic rings. The smallest absolute Gasteiger partial charge is 0.279 e. The number of thiazole rings is 1. The molecule has 0 aliphatic heterocycles. The van der Waals surface area contributed by atoms with E-state index in [0.717, 1.165) is 33.5 Å². The number of nitrogens with zero attached hydrogens (tertiary/aromatic N) is 4. The Morgan fingerprint density at radius 2 is 2.03 bits per heavy atom. The Bertz CT molecular complexity index is 1190. The van der Waals surface area contributed by atoms with Gasteiger partial charge in [0.2, 0.25) is 0 Å². The number of benzene rings is 1. The first-order valence-corrected chi connectivity index (χ1v) is 10.5. The lowest BCUT2D eigenvalue weighted by Crippen LogP contribution is -2.29. The second-order valence-corrected chi connectivity index (χ2v) is 8.37.